The maximum atomic E-state index is 14.0. The van der Waals surface area contributed by atoms with E-state index in [1.165, 1.54) is 6.07 Å². The molecule has 1 atom stereocenters. The number of nitrogen functional groups attached to an aromatic ring is 1. The van der Waals surface area contributed by atoms with Crippen molar-refractivity contribution in [3.8, 4) is 0 Å². The van der Waals surface area contributed by atoms with E-state index in [9.17, 15) is 14.3 Å². The Bertz CT molecular complexity index is 755. The number of carbonyl (C=O) groups is 1. The summed E-state index contributed by atoms with van der Waals surface area (Å²) in [5, 5.41) is 9.85. The molecule has 0 bridgehead atoms. The maximum Gasteiger partial charge on any atom is 0.311 e. The molecule has 1 saturated heterocycles. The molecule has 0 saturated carbocycles. The average molecular weight is 330 g/mol. The van der Waals surface area contributed by atoms with Gasteiger partial charge in [0.15, 0.2) is 0 Å². The molecule has 0 aliphatic carbocycles. The second kappa shape index (κ2) is 6.43. The van der Waals surface area contributed by atoms with Gasteiger partial charge in [-0.3, -0.25) is 4.79 Å². The summed E-state index contributed by atoms with van der Waals surface area (Å²) in [6.07, 6.45) is 2.83. The molecule has 6 nitrogen and oxygen atoms in total. The molecule has 7 heteroatoms. The van der Waals surface area contributed by atoms with Crippen LogP contribution in [-0.2, 0) is 11.2 Å². The van der Waals surface area contributed by atoms with Gasteiger partial charge in [0.25, 0.3) is 0 Å². The van der Waals surface area contributed by atoms with E-state index in [2.05, 4.69) is 9.97 Å². The molecule has 1 unspecified atom stereocenters. The number of nitrogens with zero attached hydrogens (tertiary/aromatic N) is 3. The van der Waals surface area contributed by atoms with Crippen LogP contribution >= 0.6 is 0 Å². The summed E-state index contributed by atoms with van der Waals surface area (Å²) in [4.78, 5) is 22.2. The third-order valence-electron chi connectivity index (χ3n) is 4.46. The molecular formula is C17H19FN4O2. The van der Waals surface area contributed by atoms with E-state index >= 15 is 0 Å². The number of rotatable bonds is 4. The smallest absolute Gasteiger partial charge is 0.311 e. The highest BCUT2D eigenvalue weighted by Gasteiger charge is 2.43. The summed E-state index contributed by atoms with van der Waals surface area (Å²) in [5.41, 5.74) is 5.03. The Morgan fingerprint density at radius 1 is 1.38 bits per heavy atom. The van der Waals surface area contributed by atoms with E-state index in [0.717, 1.165) is 0 Å². The molecule has 3 rings (SSSR count). The molecule has 0 radical (unpaired) electrons. The second-order valence-electron chi connectivity index (χ2n) is 6.16. The number of benzene rings is 1. The number of piperidine rings is 1. The lowest BCUT2D eigenvalue weighted by molar-refractivity contribution is -0.149. The molecule has 1 aromatic heterocycles. The number of aliphatic carboxylic acids is 1. The van der Waals surface area contributed by atoms with Gasteiger partial charge < -0.3 is 15.7 Å². The van der Waals surface area contributed by atoms with E-state index in [1.807, 2.05) is 4.90 Å². The molecule has 1 aromatic carbocycles. The molecule has 1 fully saturated rings. The summed E-state index contributed by atoms with van der Waals surface area (Å²) >= 11 is 0. The molecule has 1 aliphatic rings. The average Bonchev–Trinajstić information content (AvgIpc) is 2.57. The van der Waals surface area contributed by atoms with Crippen LogP contribution in [0.2, 0.25) is 0 Å². The number of carboxylic acids is 1. The maximum absolute atomic E-state index is 14.0. The van der Waals surface area contributed by atoms with E-state index in [0.29, 0.717) is 36.7 Å². The zero-order valence-electron chi connectivity index (χ0n) is 13.2. The predicted octanol–water partition coefficient (Wildman–Crippen LogP) is 2.11. The molecule has 24 heavy (non-hydrogen) atoms. The Labute approximate surface area is 139 Å². The highest BCUT2D eigenvalue weighted by atomic mass is 19.1. The van der Waals surface area contributed by atoms with Gasteiger partial charge in [-0.1, -0.05) is 18.2 Å². The summed E-state index contributed by atoms with van der Waals surface area (Å²) in [6, 6.07) is 7.88. The number of aromatic nitrogens is 2. The van der Waals surface area contributed by atoms with Crippen LogP contribution in [0.25, 0.3) is 0 Å². The first-order valence-corrected chi connectivity index (χ1v) is 7.80. The normalized spacial score (nSPS) is 20.8. The van der Waals surface area contributed by atoms with Crippen LogP contribution in [-0.4, -0.2) is 34.1 Å². The van der Waals surface area contributed by atoms with Crippen molar-refractivity contribution in [1.82, 2.24) is 9.97 Å². The molecule has 2 aromatic rings. The zero-order chi connectivity index (χ0) is 17.2. The topological polar surface area (TPSA) is 92.3 Å². The quantitative estimate of drug-likeness (QED) is 0.892. The fourth-order valence-corrected chi connectivity index (χ4v) is 3.22. The predicted molar refractivity (Wildman–Crippen MR) is 88.1 cm³/mol. The third-order valence-corrected chi connectivity index (χ3v) is 4.46. The lowest BCUT2D eigenvalue weighted by atomic mass is 9.75. The van der Waals surface area contributed by atoms with Crippen molar-refractivity contribution in [3.05, 3.63) is 47.9 Å². The summed E-state index contributed by atoms with van der Waals surface area (Å²) in [6.45, 7) is 0.871. The van der Waals surface area contributed by atoms with Gasteiger partial charge in [-0.2, -0.15) is 4.98 Å². The van der Waals surface area contributed by atoms with Gasteiger partial charge in [-0.15, -0.1) is 0 Å². The number of nitrogens with two attached hydrogens (primary N) is 1. The van der Waals surface area contributed by atoms with Gasteiger partial charge in [0.2, 0.25) is 5.95 Å². The third kappa shape index (κ3) is 3.15. The van der Waals surface area contributed by atoms with Crippen molar-refractivity contribution in [2.45, 2.75) is 19.3 Å². The minimum Gasteiger partial charge on any atom is -0.481 e. The summed E-state index contributed by atoms with van der Waals surface area (Å²) < 4.78 is 14.0. The van der Waals surface area contributed by atoms with Crippen LogP contribution in [0.5, 0.6) is 0 Å². The minimum absolute atomic E-state index is 0.133. The Hall–Kier alpha value is -2.70. The fourth-order valence-electron chi connectivity index (χ4n) is 3.22. The van der Waals surface area contributed by atoms with Gasteiger partial charge in [-0.25, -0.2) is 9.37 Å². The van der Waals surface area contributed by atoms with Crippen LogP contribution < -0.4 is 10.6 Å². The van der Waals surface area contributed by atoms with Crippen LogP contribution in [0.3, 0.4) is 0 Å². The van der Waals surface area contributed by atoms with E-state index < -0.39 is 11.4 Å². The molecule has 0 amide bonds. The van der Waals surface area contributed by atoms with Gasteiger partial charge in [0.1, 0.15) is 11.6 Å². The van der Waals surface area contributed by atoms with Crippen LogP contribution in [0.4, 0.5) is 16.2 Å². The lowest BCUT2D eigenvalue weighted by Crippen LogP contribution is -2.49. The minimum atomic E-state index is -1.07. The number of anilines is 2. The van der Waals surface area contributed by atoms with Gasteiger partial charge in [0.05, 0.1) is 5.41 Å². The van der Waals surface area contributed by atoms with E-state index in [-0.39, 0.29) is 18.8 Å². The monoisotopic (exact) mass is 330 g/mol. The van der Waals surface area contributed by atoms with Crippen molar-refractivity contribution < 1.29 is 14.3 Å². The van der Waals surface area contributed by atoms with Crippen molar-refractivity contribution in [2.75, 3.05) is 23.7 Å². The highest BCUT2D eigenvalue weighted by molar-refractivity contribution is 5.76. The summed E-state index contributed by atoms with van der Waals surface area (Å²) in [5.74, 6) is -0.565. The molecule has 126 valence electrons. The number of hydrogen-bond acceptors (Lipinski definition) is 5. The molecule has 2 heterocycles. The van der Waals surface area contributed by atoms with Crippen molar-refractivity contribution in [3.63, 3.8) is 0 Å². The SMILES string of the molecule is Nc1ccnc(N2CCCC(Cc3ccccc3F)(C(=O)O)C2)n1. The van der Waals surface area contributed by atoms with Crippen LogP contribution in [0, 0.1) is 11.2 Å². The standard InChI is InChI=1S/C17H19FN4O2/c18-13-5-2-1-4-12(13)10-17(15(23)24)7-3-9-22(11-17)16-20-8-6-14(19)21-16/h1-2,4-6,8H,3,7,9-11H2,(H,23,24)(H2,19,20,21). The molecule has 1 aliphatic heterocycles. The zero-order valence-corrected chi connectivity index (χ0v) is 13.2. The van der Waals surface area contributed by atoms with Gasteiger partial charge in [0, 0.05) is 19.3 Å². The van der Waals surface area contributed by atoms with Crippen LogP contribution in [0.15, 0.2) is 36.5 Å². The number of carboxylic acid groups (broad SMARTS) is 1. The largest absolute Gasteiger partial charge is 0.481 e. The fraction of sp³-hybridized carbons (Fsp3) is 0.353. The Morgan fingerprint density at radius 3 is 2.88 bits per heavy atom. The Morgan fingerprint density at radius 2 is 2.17 bits per heavy atom. The van der Waals surface area contributed by atoms with Crippen molar-refractivity contribution >= 4 is 17.7 Å². The molecular weight excluding hydrogens is 311 g/mol. The number of hydrogen-bond donors (Lipinski definition) is 2. The van der Waals surface area contributed by atoms with Crippen molar-refractivity contribution in [2.24, 2.45) is 5.41 Å². The summed E-state index contributed by atoms with van der Waals surface area (Å²) in [7, 11) is 0. The number of halogens is 1. The Kier molecular flexibility index (Phi) is 4.33. The second-order valence-corrected chi connectivity index (χ2v) is 6.16. The van der Waals surface area contributed by atoms with E-state index in [4.69, 9.17) is 5.73 Å². The van der Waals surface area contributed by atoms with E-state index in [1.54, 1.807) is 30.5 Å². The first kappa shape index (κ1) is 16.2. The molecule has 0 spiro atoms. The van der Waals surface area contributed by atoms with Gasteiger partial charge in [-0.05, 0) is 37.0 Å². The first-order valence-electron chi connectivity index (χ1n) is 7.80. The lowest BCUT2D eigenvalue weighted by Gasteiger charge is -2.40. The van der Waals surface area contributed by atoms with Crippen molar-refractivity contribution in [1.29, 1.82) is 0 Å². The first-order chi connectivity index (χ1) is 11.5. The van der Waals surface area contributed by atoms with Crippen LogP contribution in [0.1, 0.15) is 18.4 Å². The Balaban J connectivity index is 1.90. The van der Waals surface area contributed by atoms with Gasteiger partial charge >= 0.3 is 5.97 Å². The molecule has 3 N–H and O–H groups in total. The highest BCUT2D eigenvalue weighted by Crippen LogP contribution is 2.36.